The van der Waals surface area contributed by atoms with Gasteiger partial charge in [-0.2, -0.15) is 0 Å². The minimum Gasteiger partial charge on any atom is -0.495 e. The molecule has 0 unspecified atom stereocenters. The van der Waals surface area contributed by atoms with Gasteiger partial charge in [-0.25, -0.2) is 13.4 Å². The Bertz CT molecular complexity index is 1170. The number of nitrogens with zero attached hydrogens (tertiary/aromatic N) is 3. The summed E-state index contributed by atoms with van der Waals surface area (Å²) in [5.41, 5.74) is 0.697. The molecular weight excluding hydrogens is 474 g/mol. The summed E-state index contributed by atoms with van der Waals surface area (Å²) in [6.07, 6.45) is 1.09. The molecule has 174 valence electrons. The van der Waals surface area contributed by atoms with E-state index >= 15 is 0 Å². The van der Waals surface area contributed by atoms with Crippen molar-refractivity contribution < 1.29 is 22.7 Å². The fourth-order valence-corrected chi connectivity index (χ4v) is 5.07. The van der Waals surface area contributed by atoms with E-state index in [2.05, 4.69) is 4.98 Å². The van der Waals surface area contributed by atoms with Gasteiger partial charge in [0.2, 0.25) is 0 Å². The number of rotatable bonds is 8. The van der Waals surface area contributed by atoms with Crippen LogP contribution in [0.4, 0.5) is 5.13 Å². The molecule has 0 aliphatic carbocycles. The molecule has 0 fully saturated rings. The Labute approximate surface area is 198 Å². The van der Waals surface area contributed by atoms with Gasteiger partial charge in [0.15, 0.2) is 15.0 Å². The number of carbonyl (C=O) groups is 1. The number of halogens is 1. The molecule has 1 heterocycles. The summed E-state index contributed by atoms with van der Waals surface area (Å²) < 4.78 is 36.2. The summed E-state index contributed by atoms with van der Waals surface area (Å²) in [5.74, 6) is 0.755. The fraction of sp³-hybridized carbons (Fsp3) is 0.333. The predicted molar refractivity (Wildman–Crippen MR) is 130 cm³/mol. The number of hydrogen-bond acceptors (Lipinski definition) is 8. The Morgan fingerprint density at radius 1 is 1.03 bits per heavy atom. The molecule has 0 spiro atoms. The van der Waals surface area contributed by atoms with E-state index in [1.807, 2.05) is 19.0 Å². The highest BCUT2D eigenvalue weighted by Crippen LogP contribution is 2.40. The number of anilines is 1. The number of hydrogen-bond donors (Lipinski definition) is 0. The summed E-state index contributed by atoms with van der Waals surface area (Å²) in [7, 11) is 3.33. The number of carbonyl (C=O) groups excluding carboxylic acids is 1. The molecule has 11 heteroatoms. The van der Waals surface area contributed by atoms with E-state index in [0.717, 1.165) is 11.0 Å². The van der Waals surface area contributed by atoms with Crippen LogP contribution in [-0.2, 0) is 9.84 Å². The molecule has 0 atom stereocenters. The van der Waals surface area contributed by atoms with Crippen molar-refractivity contribution in [3.63, 3.8) is 0 Å². The minimum absolute atomic E-state index is 0. The number of thiazole rings is 1. The summed E-state index contributed by atoms with van der Waals surface area (Å²) in [6.45, 7) is 0.894. The molecule has 0 N–H and O–H groups in total. The van der Waals surface area contributed by atoms with Gasteiger partial charge in [-0.05, 0) is 38.4 Å². The Hall–Kier alpha value is -2.40. The van der Waals surface area contributed by atoms with Crippen LogP contribution >= 0.6 is 23.7 Å². The molecule has 8 nitrogen and oxygen atoms in total. The maximum Gasteiger partial charge on any atom is 0.261 e. The molecule has 3 aromatic rings. The van der Waals surface area contributed by atoms with E-state index in [9.17, 15) is 13.2 Å². The number of ether oxygens (including phenoxy) is 2. The van der Waals surface area contributed by atoms with Crippen molar-refractivity contribution in [3.8, 4) is 11.5 Å². The van der Waals surface area contributed by atoms with Crippen molar-refractivity contribution in [1.82, 2.24) is 9.88 Å². The zero-order chi connectivity index (χ0) is 22.8. The standard InChI is InChI=1S/C21H25N3O5S2.ClH/c1-23(2)12-13-24(20(25)14-8-6-7-9-17(14)31(5,26)27)21-22-18-15(28-3)10-11-16(29-4)19(18)30-21;/h6-11H,12-13H2,1-5H3;1H. The van der Waals surface area contributed by atoms with E-state index in [4.69, 9.17) is 9.47 Å². The maximum absolute atomic E-state index is 13.6. The van der Waals surface area contributed by atoms with Crippen LogP contribution in [0.5, 0.6) is 11.5 Å². The molecule has 1 amide bonds. The lowest BCUT2D eigenvalue weighted by atomic mass is 10.2. The monoisotopic (exact) mass is 499 g/mol. The average Bonchev–Trinajstić information content (AvgIpc) is 3.17. The molecule has 32 heavy (non-hydrogen) atoms. The number of aromatic nitrogens is 1. The molecule has 3 rings (SSSR count). The highest BCUT2D eigenvalue weighted by atomic mass is 35.5. The normalized spacial score (nSPS) is 11.3. The lowest BCUT2D eigenvalue weighted by molar-refractivity contribution is 0.0982. The van der Waals surface area contributed by atoms with Crippen molar-refractivity contribution >= 4 is 54.8 Å². The lowest BCUT2D eigenvalue weighted by Crippen LogP contribution is -2.37. The van der Waals surface area contributed by atoms with E-state index in [1.54, 1.807) is 38.5 Å². The number of fused-ring (bicyclic) bond motifs is 1. The second-order valence-corrected chi connectivity index (χ2v) is 10.1. The smallest absolute Gasteiger partial charge is 0.261 e. The lowest BCUT2D eigenvalue weighted by Gasteiger charge is -2.22. The first-order valence-corrected chi connectivity index (χ1v) is 12.2. The third-order valence-corrected chi connectivity index (χ3v) is 6.91. The van der Waals surface area contributed by atoms with Crippen LogP contribution in [0.2, 0.25) is 0 Å². The van der Waals surface area contributed by atoms with Gasteiger partial charge < -0.3 is 14.4 Å². The van der Waals surface area contributed by atoms with Crippen LogP contribution in [0.1, 0.15) is 10.4 Å². The Morgan fingerprint density at radius 2 is 1.66 bits per heavy atom. The van der Waals surface area contributed by atoms with Gasteiger partial charge in [0, 0.05) is 19.3 Å². The summed E-state index contributed by atoms with van der Waals surface area (Å²) in [5, 5.41) is 0.438. The van der Waals surface area contributed by atoms with E-state index in [1.165, 1.54) is 28.4 Å². The van der Waals surface area contributed by atoms with Gasteiger partial charge in [-0.1, -0.05) is 23.5 Å². The Kier molecular flexibility index (Phi) is 8.47. The van der Waals surface area contributed by atoms with Crippen LogP contribution in [0.15, 0.2) is 41.3 Å². The van der Waals surface area contributed by atoms with Crippen LogP contribution < -0.4 is 14.4 Å². The zero-order valence-corrected chi connectivity index (χ0v) is 20.9. The first-order chi connectivity index (χ1) is 14.7. The van der Waals surface area contributed by atoms with E-state index in [-0.39, 0.29) is 22.9 Å². The predicted octanol–water partition coefficient (Wildman–Crippen LogP) is 3.35. The minimum atomic E-state index is -3.59. The number of likely N-dealkylation sites (N-methyl/N-ethyl adjacent to an activating group) is 1. The second kappa shape index (κ2) is 10.5. The molecule has 0 aliphatic heterocycles. The molecule has 0 saturated carbocycles. The van der Waals surface area contributed by atoms with Gasteiger partial charge in [-0.15, -0.1) is 12.4 Å². The molecule has 0 radical (unpaired) electrons. The molecule has 0 saturated heterocycles. The topological polar surface area (TPSA) is 89.0 Å². The summed E-state index contributed by atoms with van der Waals surface area (Å²) >= 11 is 1.30. The van der Waals surface area contributed by atoms with Crippen LogP contribution in [0.25, 0.3) is 10.2 Å². The molecular formula is C21H26ClN3O5S2. The average molecular weight is 500 g/mol. The number of amides is 1. The van der Waals surface area contributed by atoms with E-state index in [0.29, 0.717) is 35.2 Å². The second-order valence-electron chi connectivity index (χ2n) is 7.17. The van der Waals surface area contributed by atoms with Crippen LogP contribution in [0, 0.1) is 0 Å². The first-order valence-electron chi connectivity index (χ1n) is 9.44. The third kappa shape index (κ3) is 5.32. The fourth-order valence-electron chi connectivity index (χ4n) is 3.09. The van der Waals surface area contributed by atoms with Gasteiger partial charge in [0.1, 0.15) is 21.7 Å². The van der Waals surface area contributed by atoms with Crippen molar-refractivity contribution in [2.24, 2.45) is 0 Å². The van der Waals surface area contributed by atoms with Crippen LogP contribution in [0.3, 0.4) is 0 Å². The molecule has 0 aliphatic rings. The van der Waals surface area contributed by atoms with Gasteiger partial charge in [0.25, 0.3) is 5.91 Å². The molecule has 1 aromatic heterocycles. The SMILES string of the molecule is COc1ccc(OC)c2sc(N(CCN(C)C)C(=O)c3ccccc3S(C)(=O)=O)nc12.Cl. The van der Waals surface area contributed by atoms with Gasteiger partial charge >= 0.3 is 0 Å². The number of methoxy groups -OCH3 is 2. The molecule has 2 aromatic carbocycles. The van der Waals surface area contributed by atoms with Gasteiger partial charge in [-0.3, -0.25) is 9.69 Å². The van der Waals surface area contributed by atoms with Crippen molar-refractivity contribution in [3.05, 3.63) is 42.0 Å². The summed E-state index contributed by atoms with van der Waals surface area (Å²) in [6, 6.07) is 9.76. The highest BCUT2D eigenvalue weighted by molar-refractivity contribution is 7.90. The number of sulfone groups is 1. The number of benzene rings is 2. The third-order valence-electron chi connectivity index (χ3n) is 4.66. The van der Waals surface area contributed by atoms with Crippen LogP contribution in [-0.4, -0.2) is 71.9 Å². The first kappa shape index (κ1) is 25.9. The summed E-state index contributed by atoms with van der Waals surface area (Å²) in [4.78, 5) is 21.7. The largest absolute Gasteiger partial charge is 0.495 e. The zero-order valence-electron chi connectivity index (χ0n) is 18.5. The maximum atomic E-state index is 13.6. The van der Waals surface area contributed by atoms with Crippen molar-refractivity contribution in [2.75, 3.05) is 52.6 Å². The Morgan fingerprint density at radius 3 is 2.25 bits per heavy atom. The van der Waals surface area contributed by atoms with E-state index < -0.39 is 15.7 Å². The van der Waals surface area contributed by atoms with Gasteiger partial charge in [0.05, 0.1) is 24.7 Å². The highest BCUT2D eigenvalue weighted by Gasteiger charge is 2.27. The molecule has 0 bridgehead atoms. The van der Waals surface area contributed by atoms with Crippen molar-refractivity contribution in [1.29, 1.82) is 0 Å². The Balaban J connectivity index is 0.00000363. The quantitative estimate of drug-likeness (QED) is 0.469. The van der Waals surface area contributed by atoms with Crippen molar-refractivity contribution in [2.45, 2.75) is 4.90 Å².